The maximum absolute atomic E-state index is 12.2. The zero-order chi connectivity index (χ0) is 19.6. The van der Waals surface area contributed by atoms with Gasteiger partial charge in [0, 0.05) is 6.54 Å². The van der Waals surface area contributed by atoms with Crippen molar-refractivity contribution in [3.8, 4) is 0 Å². The number of rotatable bonds is 6. The Kier molecular flexibility index (Phi) is 5.06. The highest BCUT2D eigenvalue weighted by atomic mass is 32.2. The molecule has 140 valence electrons. The number of hydroxylamine groups is 2. The molecule has 8 nitrogen and oxygen atoms in total. The Balaban J connectivity index is 1.67. The van der Waals surface area contributed by atoms with E-state index in [0.29, 0.717) is 10.6 Å². The molecular formula is C18H16N2O6S. The molecule has 1 N–H and O–H groups in total. The van der Waals surface area contributed by atoms with Crippen molar-refractivity contribution in [1.82, 2.24) is 9.79 Å². The normalized spacial score (nSPS) is 13.6. The smallest absolute Gasteiger partial charge is 0.329 e. The van der Waals surface area contributed by atoms with E-state index in [1.54, 1.807) is 19.1 Å². The van der Waals surface area contributed by atoms with E-state index in [0.717, 1.165) is 0 Å². The van der Waals surface area contributed by atoms with E-state index in [1.807, 2.05) is 0 Å². The number of carbonyl (C=O) groups is 3. The summed E-state index contributed by atoms with van der Waals surface area (Å²) >= 11 is 0. The summed E-state index contributed by atoms with van der Waals surface area (Å²) in [7, 11) is -3.58. The molecule has 0 saturated heterocycles. The molecule has 2 amide bonds. The Bertz CT molecular complexity index is 979. The van der Waals surface area contributed by atoms with Crippen LogP contribution >= 0.6 is 0 Å². The Morgan fingerprint density at radius 1 is 1.00 bits per heavy atom. The number of imide groups is 1. The number of fused-ring (bicyclic) bond motifs is 1. The number of benzene rings is 2. The number of hydrogen-bond donors (Lipinski definition) is 1. The largest absolute Gasteiger partial charge is 0.337 e. The van der Waals surface area contributed by atoms with Crippen molar-refractivity contribution in [2.75, 3.05) is 6.54 Å². The lowest BCUT2D eigenvalue weighted by molar-refractivity contribution is -0.167. The first-order valence-corrected chi connectivity index (χ1v) is 9.59. The lowest BCUT2D eigenvalue weighted by Gasteiger charge is -2.12. The van der Waals surface area contributed by atoms with Crippen LogP contribution < -0.4 is 4.72 Å². The van der Waals surface area contributed by atoms with Crippen LogP contribution in [0.4, 0.5) is 0 Å². The maximum atomic E-state index is 12.2. The van der Waals surface area contributed by atoms with Crippen molar-refractivity contribution in [1.29, 1.82) is 0 Å². The Morgan fingerprint density at radius 3 is 2.07 bits per heavy atom. The molecule has 27 heavy (non-hydrogen) atoms. The lowest BCUT2D eigenvalue weighted by atomic mass is 10.1. The van der Waals surface area contributed by atoms with Crippen LogP contribution in [0.15, 0.2) is 53.4 Å². The summed E-state index contributed by atoms with van der Waals surface area (Å²) in [5.41, 5.74) is 0.827. The second kappa shape index (κ2) is 7.29. The van der Waals surface area contributed by atoms with Crippen LogP contribution in [0.1, 0.15) is 33.2 Å². The zero-order valence-corrected chi connectivity index (χ0v) is 15.2. The molecule has 0 bridgehead atoms. The first-order chi connectivity index (χ1) is 12.8. The van der Waals surface area contributed by atoms with E-state index in [4.69, 9.17) is 4.84 Å². The molecule has 0 spiro atoms. The van der Waals surface area contributed by atoms with E-state index in [-0.39, 0.29) is 29.0 Å². The van der Waals surface area contributed by atoms with Gasteiger partial charge in [-0.1, -0.05) is 36.3 Å². The molecule has 1 aliphatic heterocycles. The number of sulfonamides is 1. The molecule has 0 unspecified atom stereocenters. The van der Waals surface area contributed by atoms with Crippen LogP contribution in [0.3, 0.4) is 0 Å². The van der Waals surface area contributed by atoms with Gasteiger partial charge in [-0.3, -0.25) is 9.59 Å². The number of nitrogens with one attached hydrogen (secondary N) is 1. The van der Waals surface area contributed by atoms with Crippen LogP contribution in [-0.2, 0) is 26.1 Å². The van der Waals surface area contributed by atoms with Crippen molar-refractivity contribution in [3.05, 3.63) is 65.2 Å². The second-order valence-corrected chi connectivity index (χ2v) is 7.50. The van der Waals surface area contributed by atoms with E-state index in [9.17, 15) is 22.8 Å². The van der Waals surface area contributed by atoms with E-state index < -0.39 is 27.8 Å². The van der Waals surface area contributed by atoms with Gasteiger partial charge in [-0.25, -0.2) is 17.9 Å². The molecule has 0 saturated carbocycles. The highest BCUT2D eigenvalue weighted by molar-refractivity contribution is 7.89. The van der Waals surface area contributed by atoms with Crippen LogP contribution in [0.2, 0.25) is 0 Å². The molecule has 1 heterocycles. The first-order valence-electron chi connectivity index (χ1n) is 8.10. The van der Waals surface area contributed by atoms with Crippen LogP contribution in [0, 0.1) is 0 Å². The van der Waals surface area contributed by atoms with Crippen LogP contribution in [-0.4, -0.2) is 37.8 Å². The summed E-state index contributed by atoms with van der Waals surface area (Å²) in [5, 5.41) is 0.441. The molecule has 2 aromatic rings. The SMILES string of the molecule is CCNS(=O)(=O)c1ccc(CC(=O)ON2C(=O)c3ccccc3C2=O)cc1. The van der Waals surface area contributed by atoms with Gasteiger partial charge in [0.25, 0.3) is 11.8 Å². The third-order valence-electron chi connectivity index (χ3n) is 3.87. The Labute approximate surface area is 155 Å². The zero-order valence-electron chi connectivity index (χ0n) is 14.3. The van der Waals surface area contributed by atoms with Gasteiger partial charge in [-0.15, -0.1) is 0 Å². The van der Waals surface area contributed by atoms with Crippen molar-refractivity contribution >= 4 is 27.8 Å². The molecule has 1 aliphatic rings. The quantitative estimate of drug-likeness (QED) is 0.747. The third-order valence-corrected chi connectivity index (χ3v) is 5.43. The predicted molar refractivity (Wildman–Crippen MR) is 94.0 cm³/mol. The molecule has 0 radical (unpaired) electrons. The van der Waals surface area contributed by atoms with Crippen LogP contribution in [0.25, 0.3) is 0 Å². The monoisotopic (exact) mass is 388 g/mol. The number of carbonyl (C=O) groups excluding carboxylic acids is 3. The van der Waals surface area contributed by atoms with E-state index >= 15 is 0 Å². The summed E-state index contributed by atoms with van der Waals surface area (Å²) in [4.78, 5) is 41.4. The number of nitrogens with zero attached hydrogens (tertiary/aromatic N) is 1. The van der Waals surface area contributed by atoms with Crippen molar-refractivity contribution in [2.45, 2.75) is 18.2 Å². The van der Waals surface area contributed by atoms with Crippen molar-refractivity contribution < 1.29 is 27.6 Å². The minimum absolute atomic E-state index is 0.0711. The molecular weight excluding hydrogens is 372 g/mol. The average Bonchev–Trinajstić information content (AvgIpc) is 2.87. The second-order valence-electron chi connectivity index (χ2n) is 5.74. The highest BCUT2D eigenvalue weighted by Crippen LogP contribution is 2.23. The van der Waals surface area contributed by atoms with Gasteiger partial charge in [-0.05, 0) is 29.8 Å². The van der Waals surface area contributed by atoms with Gasteiger partial charge in [0.05, 0.1) is 22.4 Å². The Morgan fingerprint density at radius 2 is 1.56 bits per heavy atom. The fraction of sp³-hybridized carbons (Fsp3) is 0.167. The fourth-order valence-corrected chi connectivity index (χ4v) is 3.65. The number of amides is 2. The van der Waals surface area contributed by atoms with Gasteiger partial charge < -0.3 is 4.84 Å². The number of hydrogen-bond acceptors (Lipinski definition) is 6. The van der Waals surface area contributed by atoms with E-state index in [2.05, 4.69) is 4.72 Å². The maximum Gasteiger partial charge on any atom is 0.337 e. The van der Waals surface area contributed by atoms with Crippen molar-refractivity contribution in [2.24, 2.45) is 0 Å². The summed E-state index contributed by atoms with van der Waals surface area (Å²) in [6.45, 7) is 1.93. The molecule has 0 aliphatic carbocycles. The Hall–Kier alpha value is -3.04. The van der Waals surface area contributed by atoms with Crippen molar-refractivity contribution in [3.63, 3.8) is 0 Å². The standard InChI is InChI=1S/C18H16N2O6S/c1-2-19-27(24,25)13-9-7-12(8-10-13)11-16(21)26-20-17(22)14-5-3-4-6-15(14)18(20)23/h3-10,19H,2,11H2,1H3. The molecule has 0 aromatic heterocycles. The van der Waals surface area contributed by atoms with Crippen LogP contribution in [0.5, 0.6) is 0 Å². The van der Waals surface area contributed by atoms with Gasteiger partial charge in [0.1, 0.15) is 0 Å². The lowest BCUT2D eigenvalue weighted by Crippen LogP contribution is -2.33. The van der Waals surface area contributed by atoms with Gasteiger partial charge >= 0.3 is 5.97 Å². The van der Waals surface area contributed by atoms with Gasteiger partial charge in [0.15, 0.2) is 0 Å². The summed E-state index contributed by atoms with van der Waals surface area (Å²) in [6.07, 6.45) is -0.227. The predicted octanol–water partition coefficient (Wildman–Crippen LogP) is 1.28. The molecule has 3 rings (SSSR count). The summed E-state index contributed by atoms with van der Waals surface area (Å²) in [6, 6.07) is 11.8. The average molecular weight is 388 g/mol. The summed E-state index contributed by atoms with van der Waals surface area (Å²) in [5.74, 6) is -2.21. The minimum Gasteiger partial charge on any atom is -0.329 e. The molecule has 0 atom stereocenters. The minimum atomic E-state index is -3.58. The van der Waals surface area contributed by atoms with Gasteiger partial charge in [0.2, 0.25) is 10.0 Å². The summed E-state index contributed by atoms with van der Waals surface area (Å²) < 4.78 is 26.1. The molecule has 9 heteroatoms. The van der Waals surface area contributed by atoms with Gasteiger partial charge in [-0.2, -0.15) is 0 Å². The highest BCUT2D eigenvalue weighted by Gasteiger charge is 2.38. The molecule has 0 fully saturated rings. The van der Waals surface area contributed by atoms with E-state index in [1.165, 1.54) is 36.4 Å². The third kappa shape index (κ3) is 3.74. The molecule has 2 aromatic carbocycles. The first kappa shape index (κ1) is 18.7. The fourth-order valence-electron chi connectivity index (χ4n) is 2.61. The topological polar surface area (TPSA) is 110 Å².